The van der Waals surface area contributed by atoms with Gasteiger partial charge in [0.2, 0.25) is 0 Å². The zero-order valence-corrected chi connectivity index (χ0v) is 16.1. The number of rotatable bonds is 2. The molecule has 3 heteroatoms. The maximum Gasteiger partial charge on any atom is 0.126 e. The summed E-state index contributed by atoms with van der Waals surface area (Å²) in [4.78, 5) is 6.87. The van der Waals surface area contributed by atoms with E-state index in [0.29, 0.717) is 11.5 Å². The number of halogens is 1. The number of hydrogen-bond acceptors (Lipinski definition) is 2. The highest BCUT2D eigenvalue weighted by Gasteiger charge is 2.38. The summed E-state index contributed by atoms with van der Waals surface area (Å²) in [7, 11) is 2.05. The Kier molecular flexibility index (Phi) is 4.13. The summed E-state index contributed by atoms with van der Waals surface area (Å²) in [5.41, 5.74) is 6.11. The summed E-state index contributed by atoms with van der Waals surface area (Å²) in [5, 5.41) is 0. The van der Waals surface area contributed by atoms with Gasteiger partial charge in [-0.3, -0.25) is 0 Å². The molecule has 0 spiro atoms. The molecule has 1 unspecified atom stereocenters. The van der Waals surface area contributed by atoms with Crippen LogP contribution in [0, 0.1) is 19.7 Å². The lowest BCUT2D eigenvalue weighted by atomic mass is 9.78. The second kappa shape index (κ2) is 6.22. The van der Waals surface area contributed by atoms with Crippen molar-refractivity contribution in [3.63, 3.8) is 0 Å². The third-order valence-corrected chi connectivity index (χ3v) is 6.48. The first-order chi connectivity index (χ1) is 12.4. The number of fused-ring (bicyclic) bond motifs is 1. The van der Waals surface area contributed by atoms with Crippen molar-refractivity contribution in [1.29, 1.82) is 0 Å². The van der Waals surface area contributed by atoms with Crippen LogP contribution in [0.25, 0.3) is 0 Å². The predicted molar refractivity (Wildman–Crippen MR) is 106 cm³/mol. The molecule has 2 aliphatic rings. The number of benzene rings is 2. The van der Waals surface area contributed by atoms with Gasteiger partial charge in [0.25, 0.3) is 0 Å². The standard InChI is InChI=1S/C23H27FN2/c1-15-12-21(24)16(2)11-20(15)23(3)19-10-9-18(17-7-5-6-8-17)13-22(19)25-14-26(23)4/h9-14,17H,5-8H2,1-4H3. The first kappa shape index (κ1) is 17.3. The second-order valence-corrected chi connectivity index (χ2v) is 8.10. The zero-order valence-electron chi connectivity index (χ0n) is 16.1. The molecule has 0 N–H and O–H groups in total. The van der Waals surface area contributed by atoms with Crippen molar-refractivity contribution >= 4 is 12.0 Å². The van der Waals surface area contributed by atoms with Crippen molar-refractivity contribution in [2.24, 2.45) is 4.99 Å². The van der Waals surface area contributed by atoms with E-state index in [0.717, 1.165) is 16.8 Å². The molecule has 1 aliphatic heterocycles. The minimum Gasteiger partial charge on any atom is -0.352 e. The Labute approximate surface area is 155 Å². The zero-order chi connectivity index (χ0) is 18.5. The Hall–Kier alpha value is -2.16. The molecule has 1 aliphatic carbocycles. The minimum atomic E-state index is -0.353. The summed E-state index contributed by atoms with van der Waals surface area (Å²) >= 11 is 0. The van der Waals surface area contributed by atoms with Crippen molar-refractivity contribution in [2.45, 2.75) is 57.9 Å². The van der Waals surface area contributed by atoms with Crippen LogP contribution in [0.4, 0.5) is 10.1 Å². The average molecular weight is 350 g/mol. The van der Waals surface area contributed by atoms with Crippen molar-refractivity contribution < 1.29 is 4.39 Å². The smallest absolute Gasteiger partial charge is 0.126 e. The molecule has 2 aromatic rings. The van der Waals surface area contributed by atoms with Crippen LogP contribution in [0.2, 0.25) is 0 Å². The molecule has 136 valence electrons. The van der Waals surface area contributed by atoms with Gasteiger partial charge in [-0.25, -0.2) is 9.38 Å². The van der Waals surface area contributed by atoms with Crippen LogP contribution in [0.15, 0.2) is 35.3 Å². The summed E-state index contributed by atoms with van der Waals surface area (Å²) in [6, 6.07) is 10.5. The first-order valence-electron chi connectivity index (χ1n) is 9.60. The maximum atomic E-state index is 14.0. The molecule has 0 radical (unpaired) electrons. The monoisotopic (exact) mass is 350 g/mol. The van der Waals surface area contributed by atoms with Crippen LogP contribution < -0.4 is 0 Å². The van der Waals surface area contributed by atoms with E-state index in [9.17, 15) is 4.39 Å². The molecule has 0 bridgehead atoms. The highest BCUT2D eigenvalue weighted by molar-refractivity contribution is 5.72. The Balaban J connectivity index is 1.85. The van der Waals surface area contributed by atoms with Gasteiger partial charge in [0.1, 0.15) is 5.82 Å². The van der Waals surface area contributed by atoms with E-state index in [2.05, 4.69) is 37.1 Å². The first-order valence-corrected chi connectivity index (χ1v) is 9.60. The topological polar surface area (TPSA) is 15.6 Å². The van der Waals surface area contributed by atoms with E-state index in [1.54, 1.807) is 6.07 Å². The van der Waals surface area contributed by atoms with Crippen LogP contribution in [0.1, 0.15) is 66.3 Å². The number of aliphatic imine (C=N–C) groups is 1. The lowest BCUT2D eigenvalue weighted by molar-refractivity contribution is 0.290. The molecule has 0 aromatic heterocycles. The fraction of sp³-hybridized carbons (Fsp3) is 0.435. The maximum absolute atomic E-state index is 14.0. The van der Waals surface area contributed by atoms with Gasteiger partial charge in [0, 0.05) is 12.6 Å². The van der Waals surface area contributed by atoms with E-state index in [1.165, 1.54) is 36.8 Å². The minimum absolute atomic E-state index is 0.140. The molecular weight excluding hydrogens is 323 g/mol. The van der Waals surface area contributed by atoms with Crippen molar-refractivity contribution in [2.75, 3.05) is 7.05 Å². The largest absolute Gasteiger partial charge is 0.352 e. The van der Waals surface area contributed by atoms with E-state index < -0.39 is 0 Å². The van der Waals surface area contributed by atoms with E-state index in [-0.39, 0.29) is 11.4 Å². The normalized spacial score (nSPS) is 22.7. The van der Waals surface area contributed by atoms with Gasteiger partial charge in [0.15, 0.2) is 0 Å². The Morgan fingerprint density at radius 3 is 2.50 bits per heavy atom. The average Bonchev–Trinajstić information content (AvgIpc) is 3.16. The van der Waals surface area contributed by atoms with Crippen molar-refractivity contribution in [3.05, 3.63) is 64.0 Å². The highest BCUT2D eigenvalue weighted by Crippen LogP contribution is 2.45. The molecule has 26 heavy (non-hydrogen) atoms. The van der Waals surface area contributed by atoms with E-state index in [1.807, 2.05) is 26.3 Å². The van der Waals surface area contributed by atoms with Crippen molar-refractivity contribution in [3.8, 4) is 0 Å². The molecule has 1 atom stereocenters. The number of hydrogen-bond donors (Lipinski definition) is 0. The second-order valence-electron chi connectivity index (χ2n) is 8.10. The molecule has 0 amide bonds. The summed E-state index contributed by atoms with van der Waals surface area (Å²) < 4.78 is 14.0. The van der Waals surface area contributed by atoms with E-state index in [4.69, 9.17) is 4.99 Å². The molecule has 1 fully saturated rings. The van der Waals surface area contributed by atoms with Crippen LogP contribution >= 0.6 is 0 Å². The molecule has 2 aromatic carbocycles. The summed E-state index contributed by atoms with van der Waals surface area (Å²) in [6.45, 7) is 6.05. The molecule has 4 rings (SSSR count). The van der Waals surface area contributed by atoms with Gasteiger partial charge in [-0.05, 0) is 73.9 Å². The molecule has 1 saturated carbocycles. The fourth-order valence-corrected chi connectivity index (χ4v) is 4.67. The van der Waals surface area contributed by atoms with Gasteiger partial charge in [-0.2, -0.15) is 0 Å². The Morgan fingerprint density at radius 1 is 1.04 bits per heavy atom. The van der Waals surface area contributed by atoms with Gasteiger partial charge < -0.3 is 4.90 Å². The summed E-state index contributed by atoms with van der Waals surface area (Å²) in [5.74, 6) is 0.537. The van der Waals surface area contributed by atoms with Crippen LogP contribution in [-0.2, 0) is 5.54 Å². The van der Waals surface area contributed by atoms with Crippen LogP contribution in [-0.4, -0.2) is 18.3 Å². The lowest BCUT2D eigenvalue weighted by Crippen LogP contribution is -2.43. The number of nitrogens with zero attached hydrogens (tertiary/aromatic N) is 2. The van der Waals surface area contributed by atoms with Gasteiger partial charge >= 0.3 is 0 Å². The van der Waals surface area contributed by atoms with Gasteiger partial charge in [-0.15, -0.1) is 0 Å². The third kappa shape index (κ3) is 2.56. The molecule has 1 heterocycles. The van der Waals surface area contributed by atoms with Gasteiger partial charge in [0.05, 0.1) is 17.6 Å². The third-order valence-electron chi connectivity index (χ3n) is 6.48. The molecule has 0 saturated heterocycles. The fourth-order valence-electron chi connectivity index (χ4n) is 4.67. The molecule has 2 nitrogen and oxygen atoms in total. The lowest BCUT2D eigenvalue weighted by Gasteiger charge is -2.43. The highest BCUT2D eigenvalue weighted by atomic mass is 19.1. The van der Waals surface area contributed by atoms with E-state index >= 15 is 0 Å². The predicted octanol–water partition coefficient (Wildman–Crippen LogP) is 5.97. The quantitative estimate of drug-likeness (QED) is 0.651. The SMILES string of the molecule is Cc1cc(C2(C)c3ccc(C4CCCC4)cc3N=CN2C)c(C)cc1F. The molecular formula is C23H27FN2. The number of aryl methyl sites for hydroxylation is 2. The summed E-state index contributed by atoms with van der Waals surface area (Å²) in [6.07, 6.45) is 7.16. The van der Waals surface area contributed by atoms with Gasteiger partial charge in [-0.1, -0.05) is 31.0 Å². The van der Waals surface area contributed by atoms with Crippen LogP contribution in [0.5, 0.6) is 0 Å². The van der Waals surface area contributed by atoms with Crippen LogP contribution in [0.3, 0.4) is 0 Å². The Bertz CT molecular complexity index is 880. The van der Waals surface area contributed by atoms with Crippen molar-refractivity contribution in [1.82, 2.24) is 4.90 Å². The Morgan fingerprint density at radius 2 is 1.77 bits per heavy atom.